The number of benzene rings is 2. The first-order valence-electron chi connectivity index (χ1n) is 7.18. The molecule has 108 valence electrons. The van der Waals surface area contributed by atoms with Gasteiger partial charge < -0.3 is 4.74 Å². The van der Waals surface area contributed by atoms with Crippen molar-refractivity contribution in [1.29, 1.82) is 0 Å². The van der Waals surface area contributed by atoms with Gasteiger partial charge in [-0.3, -0.25) is 4.79 Å². The third-order valence-corrected chi connectivity index (χ3v) is 3.80. The Balaban J connectivity index is 1.93. The van der Waals surface area contributed by atoms with Crippen molar-refractivity contribution in [3.63, 3.8) is 0 Å². The van der Waals surface area contributed by atoms with Gasteiger partial charge in [0, 0.05) is 18.9 Å². The van der Waals surface area contributed by atoms with E-state index in [-0.39, 0.29) is 5.97 Å². The molecular formula is C18H14N2O2. The maximum absolute atomic E-state index is 11.5. The Morgan fingerprint density at radius 3 is 2.59 bits per heavy atom. The van der Waals surface area contributed by atoms with Crippen molar-refractivity contribution in [2.75, 3.05) is 0 Å². The molecule has 0 amide bonds. The van der Waals surface area contributed by atoms with Crippen LogP contribution < -0.4 is 4.74 Å². The van der Waals surface area contributed by atoms with E-state index in [1.54, 1.807) is 0 Å². The topological polar surface area (TPSA) is 44.1 Å². The molecule has 1 aromatic heterocycles. The van der Waals surface area contributed by atoms with E-state index in [1.807, 2.05) is 53.2 Å². The predicted molar refractivity (Wildman–Crippen MR) is 83.1 cm³/mol. The van der Waals surface area contributed by atoms with Crippen LogP contribution in [-0.4, -0.2) is 15.7 Å². The third-order valence-electron chi connectivity index (χ3n) is 3.80. The molecule has 1 aliphatic rings. The molecule has 4 nitrogen and oxygen atoms in total. The first-order valence-corrected chi connectivity index (χ1v) is 7.18. The number of nitrogens with zero attached hydrogens (tertiary/aromatic N) is 2. The smallest absolute Gasteiger partial charge is 0.308 e. The van der Waals surface area contributed by atoms with Crippen LogP contribution in [0.3, 0.4) is 0 Å². The van der Waals surface area contributed by atoms with Crippen LogP contribution in [0.4, 0.5) is 0 Å². The highest BCUT2D eigenvalue weighted by Gasteiger charge is 2.28. The lowest BCUT2D eigenvalue weighted by Gasteiger charge is -2.04. The van der Waals surface area contributed by atoms with Gasteiger partial charge in [0.25, 0.3) is 0 Å². The normalized spacial score (nSPS) is 11.9. The summed E-state index contributed by atoms with van der Waals surface area (Å²) in [5.41, 5.74) is 4.82. The quantitative estimate of drug-likeness (QED) is 0.532. The summed E-state index contributed by atoms with van der Waals surface area (Å²) in [6.45, 7) is 1.42. The van der Waals surface area contributed by atoms with Gasteiger partial charge in [0.2, 0.25) is 0 Å². The summed E-state index contributed by atoms with van der Waals surface area (Å²) in [6.07, 6.45) is 0.721. The average Bonchev–Trinajstić information content (AvgIpc) is 3.05. The van der Waals surface area contributed by atoms with Crippen LogP contribution in [0.5, 0.6) is 5.75 Å². The Kier molecular flexibility index (Phi) is 2.82. The number of esters is 1. The Labute approximate surface area is 128 Å². The van der Waals surface area contributed by atoms with Gasteiger partial charge in [-0.05, 0) is 11.6 Å². The Morgan fingerprint density at radius 1 is 1.09 bits per heavy atom. The lowest BCUT2D eigenvalue weighted by Crippen LogP contribution is -2.03. The molecule has 1 aliphatic heterocycles. The third kappa shape index (κ3) is 1.92. The SMILES string of the molecule is CC(=O)Oc1c(-c2ccccc2)nn2c1Cc1ccccc1-2. The van der Waals surface area contributed by atoms with Crippen LogP contribution >= 0.6 is 0 Å². The fourth-order valence-corrected chi connectivity index (χ4v) is 2.88. The molecule has 0 unspecified atom stereocenters. The van der Waals surface area contributed by atoms with Gasteiger partial charge in [-0.15, -0.1) is 0 Å². The highest BCUT2D eigenvalue weighted by Crippen LogP contribution is 2.40. The van der Waals surface area contributed by atoms with Crippen LogP contribution in [0, 0.1) is 0 Å². The minimum atomic E-state index is -0.330. The van der Waals surface area contributed by atoms with Crippen molar-refractivity contribution in [2.24, 2.45) is 0 Å². The molecule has 0 bridgehead atoms. The number of fused-ring (bicyclic) bond motifs is 3. The Bertz CT molecular complexity index is 866. The van der Waals surface area contributed by atoms with Gasteiger partial charge >= 0.3 is 5.97 Å². The maximum Gasteiger partial charge on any atom is 0.308 e. The molecule has 3 aromatic rings. The van der Waals surface area contributed by atoms with Crippen LogP contribution in [0.1, 0.15) is 18.2 Å². The summed E-state index contributed by atoms with van der Waals surface area (Å²) >= 11 is 0. The van der Waals surface area contributed by atoms with E-state index in [0.717, 1.165) is 23.4 Å². The molecule has 0 radical (unpaired) electrons. The molecule has 0 atom stereocenters. The fraction of sp³-hybridized carbons (Fsp3) is 0.111. The minimum absolute atomic E-state index is 0.330. The minimum Gasteiger partial charge on any atom is -0.422 e. The zero-order valence-electron chi connectivity index (χ0n) is 12.1. The summed E-state index contributed by atoms with van der Waals surface area (Å²) in [7, 11) is 0. The Hall–Kier alpha value is -2.88. The molecule has 22 heavy (non-hydrogen) atoms. The number of hydrogen-bond acceptors (Lipinski definition) is 3. The fourth-order valence-electron chi connectivity index (χ4n) is 2.88. The summed E-state index contributed by atoms with van der Waals surface area (Å²) in [5.74, 6) is 0.235. The molecule has 2 aromatic carbocycles. The van der Waals surface area contributed by atoms with E-state index in [1.165, 1.54) is 12.5 Å². The van der Waals surface area contributed by atoms with E-state index < -0.39 is 0 Å². The van der Waals surface area contributed by atoms with E-state index >= 15 is 0 Å². The van der Waals surface area contributed by atoms with E-state index in [0.29, 0.717) is 11.4 Å². The van der Waals surface area contributed by atoms with Gasteiger partial charge in [0.15, 0.2) is 5.75 Å². The van der Waals surface area contributed by atoms with Crippen LogP contribution in [0.2, 0.25) is 0 Å². The van der Waals surface area contributed by atoms with Crippen molar-refractivity contribution in [3.8, 4) is 22.7 Å². The molecule has 0 fully saturated rings. The Morgan fingerprint density at radius 2 is 1.82 bits per heavy atom. The van der Waals surface area contributed by atoms with Crippen molar-refractivity contribution < 1.29 is 9.53 Å². The first-order chi connectivity index (χ1) is 10.7. The number of rotatable bonds is 2. The summed E-state index contributed by atoms with van der Waals surface area (Å²) < 4.78 is 7.38. The molecule has 0 saturated carbocycles. The maximum atomic E-state index is 11.5. The van der Waals surface area contributed by atoms with Crippen molar-refractivity contribution in [1.82, 2.24) is 9.78 Å². The molecule has 0 spiro atoms. The van der Waals surface area contributed by atoms with Gasteiger partial charge in [-0.2, -0.15) is 5.10 Å². The second kappa shape index (κ2) is 4.84. The number of carbonyl (C=O) groups excluding carboxylic acids is 1. The van der Waals surface area contributed by atoms with Gasteiger partial charge in [-0.25, -0.2) is 4.68 Å². The summed E-state index contributed by atoms with van der Waals surface area (Å²) in [5, 5.41) is 4.69. The standard InChI is InChI=1S/C18H14N2O2/c1-12(21)22-18-16-11-14-9-5-6-10-15(14)20(16)19-17(18)13-7-3-2-4-8-13/h2-10H,11H2,1H3. The lowest BCUT2D eigenvalue weighted by atomic mass is 10.1. The van der Waals surface area contributed by atoms with Crippen LogP contribution in [0.25, 0.3) is 16.9 Å². The molecule has 2 heterocycles. The van der Waals surface area contributed by atoms with Gasteiger partial charge in [-0.1, -0.05) is 48.5 Å². The summed E-state index contributed by atoms with van der Waals surface area (Å²) in [4.78, 5) is 11.5. The first kappa shape index (κ1) is 12.8. The monoisotopic (exact) mass is 290 g/mol. The van der Waals surface area contributed by atoms with Crippen LogP contribution in [-0.2, 0) is 11.2 Å². The molecule has 0 N–H and O–H groups in total. The highest BCUT2D eigenvalue weighted by molar-refractivity contribution is 5.77. The molecule has 4 heteroatoms. The predicted octanol–water partition coefficient (Wildman–Crippen LogP) is 3.37. The van der Waals surface area contributed by atoms with E-state index in [2.05, 4.69) is 6.07 Å². The van der Waals surface area contributed by atoms with Crippen molar-refractivity contribution >= 4 is 5.97 Å². The second-order valence-electron chi connectivity index (χ2n) is 5.30. The van der Waals surface area contributed by atoms with E-state index in [9.17, 15) is 4.79 Å². The number of para-hydroxylation sites is 1. The van der Waals surface area contributed by atoms with Crippen LogP contribution in [0.15, 0.2) is 54.6 Å². The van der Waals surface area contributed by atoms with Gasteiger partial charge in [0.1, 0.15) is 5.69 Å². The number of ether oxygens (including phenoxy) is 1. The second-order valence-corrected chi connectivity index (χ2v) is 5.30. The highest BCUT2D eigenvalue weighted by atomic mass is 16.5. The molecule has 0 saturated heterocycles. The average molecular weight is 290 g/mol. The lowest BCUT2D eigenvalue weighted by molar-refractivity contribution is -0.131. The largest absolute Gasteiger partial charge is 0.422 e. The van der Waals surface area contributed by atoms with E-state index in [4.69, 9.17) is 9.84 Å². The molecule has 0 aliphatic carbocycles. The number of aromatic nitrogens is 2. The zero-order valence-corrected chi connectivity index (χ0v) is 12.1. The summed E-state index contributed by atoms with van der Waals surface area (Å²) in [6, 6.07) is 17.9. The molecular weight excluding hydrogens is 276 g/mol. The zero-order chi connectivity index (χ0) is 15.1. The number of hydrogen-bond donors (Lipinski definition) is 0. The molecule has 4 rings (SSSR count). The van der Waals surface area contributed by atoms with Gasteiger partial charge in [0.05, 0.1) is 11.4 Å². The van der Waals surface area contributed by atoms with Crippen molar-refractivity contribution in [2.45, 2.75) is 13.3 Å². The van der Waals surface area contributed by atoms with Crippen molar-refractivity contribution in [3.05, 3.63) is 65.9 Å². The number of carbonyl (C=O) groups is 1.